The average Bonchev–Trinajstić information content (AvgIpc) is 2.46. The van der Waals surface area contributed by atoms with Gasteiger partial charge in [-0.2, -0.15) is 0 Å². The highest BCUT2D eigenvalue weighted by molar-refractivity contribution is 9.10. The van der Waals surface area contributed by atoms with E-state index in [1.54, 1.807) is 17.8 Å². The van der Waals surface area contributed by atoms with Crippen molar-refractivity contribution in [3.05, 3.63) is 70.2 Å². The molecule has 3 heteroatoms. The highest BCUT2D eigenvalue weighted by Crippen LogP contribution is 2.16. The molecular weight excluding hydrogens is 320 g/mol. The van der Waals surface area contributed by atoms with Gasteiger partial charge in [0.1, 0.15) is 0 Å². The molecule has 0 aliphatic rings. The van der Waals surface area contributed by atoms with Crippen LogP contribution in [0.2, 0.25) is 0 Å². The smallest absolute Gasteiger partial charge is 0.185 e. The van der Waals surface area contributed by atoms with E-state index in [2.05, 4.69) is 15.9 Å². The number of halogens is 1. The van der Waals surface area contributed by atoms with Crippen molar-refractivity contribution in [2.45, 2.75) is 4.90 Å². The van der Waals surface area contributed by atoms with Crippen LogP contribution in [0, 0.1) is 0 Å². The molecule has 19 heavy (non-hydrogen) atoms. The van der Waals surface area contributed by atoms with Gasteiger partial charge >= 0.3 is 0 Å². The van der Waals surface area contributed by atoms with E-state index < -0.39 is 0 Å². The summed E-state index contributed by atoms with van der Waals surface area (Å²) in [5.41, 5.74) is 1.73. The normalized spacial score (nSPS) is 10.8. The molecule has 0 N–H and O–H groups in total. The monoisotopic (exact) mass is 332 g/mol. The van der Waals surface area contributed by atoms with Crippen LogP contribution in [0.4, 0.5) is 0 Å². The van der Waals surface area contributed by atoms with Crippen LogP contribution in [0.3, 0.4) is 0 Å². The molecule has 2 aromatic rings. The summed E-state index contributed by atoms with van der Waals surface area (Å²) in [5.74, 6) is 0.0237. The Morgan fingerprint density at radius 2 is 1.68 bits per heavy atom. The molecule has 0 atom stereocenters. The van der Waals surface area contributed by atoms with Crippen LogP contribution in [0.15, 0.2) is 64.0 Å². The molecule has 0 aliphatic heterocycles. The van der Waals surface area contributed by atoms with Crippen molar-refractivity contribution >= 4 is 39.6 Å². The second-order valence-electron chi connectivity index (χ2n) is 3.98. The highest BCUT2D eigenvalue weighted by atomic mass is 79.9. The van der Waals surface area contributed by atoms with Gasteiger partial charge in [-0.05, 0) is 54.3 Å². The second-order valence-corrected chi connectivity index (χ2v) is 5.77. The summed E-state index contributed by atoms with van der Waals surface area (Å²) in [4.78, 5) is 13.1. The Morgan fingerprint density at radius 3 is 2.26 bits per heavy atom. The first-order chi connectivity index (χ1) is 9.19. The molecule has 0 saturated heterocycles. The van der Waals surface area contributed by atoms with E-state index in [1.165, 1.54) is 0 Å². The van der Waals surface area contributed by atoms with Crippen LogP contribution in [-0.4, -0.2) is 12.0 Å². The van der Waals surface area contributed by atoms with Crippen molar-refractivity contribution in [1.82, 2.24) is 0 Å². The number of allylic oxidation sites excluding steroid dienone is 1. The lowest BCUT2D eigenvalue weighted by Crippen LogP contribution is -1.93. The number of carbonyl (C=O) groups excluding carboxylic acids is 1. The molecule has 2 aromatic carbocycles. The quantitative estimate of drug-likeness (QED) is 0.442. The third-order valence-corrected chi connectivity index (χ3v) is 3.94. The number of benzene rings is 2. The first kappa shape index (κ1) is 14.1. The number of hydrogen-bond donors (Lipinski definition) is 0. The van der Waals surface area contributed by atoms with Crippen molar-refractivity contribution in [1.29, 1.82) is 0 Å². The molecule has 0 heterocycles. The molecule has 0 aliphatic carbocycles. The molecule has 2 rings (SSSR count). The average molecular weight is 333 g/mol. The minimum atomic E-state index is 0.0237. The summed E-state index contributed by atoms with van der Waals surface area (Å²) in [7, 11) is 0. The van der Waals surface area contributed by atoms with Crippen LogP contribution >= 0.6 is 27.7 Å². The molecule has 0 fully saturated rings. The zero-order valence-electron chi connectivity index (χ0n) is 10.5. The molecular formula is C16H13BrOS. The molecule has 1 nitrogen and oxygen atoms in total. The Hall–Kier alpha value is -1.32. The van der Waals surface area contributed by atoms with Gasteiger partial charge in [0.25, 0.3) is 0 Å². The van der Waals surface area contributed by atoms with Crippen molar-refractivity contribution in [3.8, 4) is 0 Å². The molecule has 0 radical (unpaired) electrons. The Bertz CT molecular complexity index is 585. The second kappa shape index (κ2) is 6.73. The van der Waals surface area contributed by atoms with E-state index >= 15 is 0 Å². The van der Waals surface area contributed by atoms with Crippen molar-refractivity contribution in [2.24, 2.45) is 0 Å². The van der Waals surface area contributed by atoms with Gasteiger partial charge in [-0.3, -0.25) is 4.79 Å². The fourth-order valence-corrected chi connectivity index (χ4v) is 2.27. The van der Waals surface area contributed by atoms with Crippen LogP contribution in [0.1, 0.15) is 15.9 Å². The fraction of sp³-hybridized carbons (Fsp3) is 0.0625. The maximum atomic E-state index is 12.0. The van der Waals surface area contributed by atoms with E-state index in [-0.39, 0.29) is 5.78 Å². The molecule has 96 valence electrons. The minimum absolute atomic E-state index is 0.0237. The first-order valence-corrected chi connectivity index (χ1v) is 7.83. The SMILES string of the molecule is CSc1ccc(C(=O)C=Cc2ccc(Br)cc2)cc1. The van der Waals surface area contributed by atoms with Gasteiger partial charge in [-0.15, -0.1) is 11.8 Å². The topological polar surface area (TPSA) is 17.1 Å². The van der Waals surface area contributed by atoms with Gasteiger partial charge in [0.2, 0.25) is 0 Å². The van der Waals surface area contributed by atoms with Gasteiger partial charge in [0.15, 0.2) is 5.78 Å². The summed E-state index contributed by atoms with van der Waals surface area (Å²) in [6, 6.07) is 15.5. The lowest BCUT2D eigenvalue weighted by atomic mass is 10.1. The van der Waals surface area contributed by atoms with Crippen LogP contribution in [-0.2, 0) is 0 Å². The van der Waals surface area contributed by atoms with Gasteiger partial charge in [-0.25, -0.2) is 0 Å². The maximum absolute atomic E-state index is 12.0. The van der Waals surface area contributed by atoms with Crippen LogP contribution in [0.25, 0.3) is 6.08 Å². The van der Waals surface area contributed by atoms with E-state index in [1.807, 2.05) is 60.9 Å². The number of thioether (sulfide) groups is 1. The van der Waals surface area contributed by atoms with Gasteiger partial charge in [0.05, 0.1) is 0 Å². The van der Waals surface area contributed by atoms with Crippen molar-refractivity contribution in [2.75, 3.05) is 6.26 Å². The summed E-state index contributed by atoms with van der Waals surface area (Å²) in [6.45, 7) is 0. The van der Waals surface area contributed by atoms with E-state index in [0.717, 1.165) is 14.9 Å². The summed E-state index contributed by atoms with van der Waals surface area (Å²) in [5, 5.41) is 0. The number of rotatable bonds is 4. The highest BCUT2D eigenvalue weighted by Gasteiger charge is 2.01. The molecule has 0 aromatic heterocycles. The number of hydrogen-bond acceptors (Lipinski definition) is 2. The molecule has 0 saturated carbocycles. The summed E-state index contributed by atoms with van der Waals surface area (Å²) in [6.07, 6.45) is 5.46. The summed E-state index contributed by atoms with van der Waals surface area (Å²) < 4.78 is 1.03. The van der Waals surface area contributed by atoms with Crippen LogP contribution < -0.4 is 0 Å². The lowest BCUT2D eigenvalue weighted by Gasteiger charge is -1.98. The molecule has 0 spiro atoms. The largest absolute Gasteiger partial charge is 0.289 e. The molecule has 0 unspecified atom stereocenters. The Labute approximate surface area is 125 Å². The lowest BCUT2D eigenvalue weighted by molar-refractivity contribution is 0.104. The molecule has 0 amide bonds. The maximum Gasteiger partial charge on any atom is 0.185 e. The van der Waals surface area contributed by atoms with Crippen molar-refractivity contribution in [3.63, 3.8) is 0 Å². The predicted octanol–water partition coefficient (Wildman–Crippen LogP) is 5.07. The van der Waals surface area contributed by atoms with Gasteiger partial charge in [0, 0.05) is 14.9 Å². The fourth-order valence-electron chi connectivity index (χ4n) is 1.60. The Balaban J connectivity index is 2.09. The molecule has 0 bridgehead atoms. The number of carbonyl (C=O) groups is 1. The van der Waals surface area contributed by atoms with Gasteiger partial charge in [-0.1, -0.05) is 34.1 Å². The van der Waals surface area contributed by atoms with Crippen molar-refractivity contribution < 1.29 is 4.79 Å². The van der Waals surface area contributed by atoms with Crippen LogP contribution in [0.5, 0.6) is 0 Å². The third kappa shape index (κ3) is 4.08. The summed E-state index contributed by atoms with van der Waals surface area (Å²) >= 11 is 5.05. The van der Waals surface area contributed by atoms with E-state index in [4.69, 9.17) is 0 Å². The first-order valence-electron chi connectivity index (χ1n) is 5.81. The predicted molar refractivity (Wildman–Crippen MR) is 85.7 cm³/mol. The van der Waals surface area contributed by atoms with Gasteiger partial charge < -0.3 is 0 Å². The Morgan fingerprint density at radius 1 is 1.05 bits per heavy atom. The third-order valence-electron chi connectivity index (χ3n) is 2.67. The zero-order chi connectivity index (χ0) is 13.7. The zero-order valence-corrected chi connectivity index (χ0v) is 12.9. The van der Waals surface area contributed by atoms with E-state index in [9.17, 15) is 4.79 Å². The Kier molecular flexibility index (Phi) is 5.00. The standard InChI is InChI=1S/C16H13BrOS/c1-19-15-9-5-13(6-10-15)16(18)11-4-12-2-7-14(17)8-3-12/h2-11H,1H3. The minimum Gasteiger partial charge on any atom is -0.289 e. The number of ketones is 1. The van der Waals surface area contributed by atoms with E-state index in [0.29, 0.717) is 5.56 Å².